The Bertz CT molecular complexity index is 772. The maximum absolute atomic E-state index is 6.25. The molecule has 3 aromatic rings. The Kier molecular flexibility index (Phi) is 3.78. The molecule has 0 saturated heterocycles. The third kappa shape index (κ3) is 2.87. The van der Waals surface area contributed by atoms with Crippen LogP contribution in [0, 0.1) is 6.92 Å². The lowest BCUT2D eigenvalue weighted by atomic mass is 10.1. The van der Waals surface area contributed by atoms with Crippen molar-refractivity contribution in [3.63, 3.8) is 0 Å². The van der Waals surface area contributed by atoms with Gasteiger partial charge in [0, 0.05) is 16.7 Å². The topological polar surface area (TPSA) is 64.7 Å². The number of hydrogen-bond acceptors (Lipinski definition) is 6. The summed E-state index contributed by atoms with van der Waals surface area (Å²) in [7, 11) is 0. The van der Waals surface area contributed by atoms with E-state index in [4.69, 9.17) is 17.3 Å². The molecule has 102 valence electrons. The van der Waals surface area contributed by atoms with Crippen molar-refractivity contribution in [3.05, 3.63) is 40.5 Å². The standard InChI is InChI=1S/C13H11ClN4S2/c1-7-2-3-8-5-9(11(14)16-10(8)4-7)6-19-13-18-17-12(15)20-13/h2-5H,6H2,1H3,(H2,15,17). The summed E-state index contributed by atoms with van der Waals surface area (Å²) in [4.78, 5) is 4.45. The van der Waals surface area contributed by atoms with Crippen molar-refractivity contribution in [3.8, 4) is 0 Å². The largest absolute Gasteiger partial charge is 0.374 e. The summed E-state index contributed by atoms with van der Waals surface area (Å²) in [5.74, 6) is 0.699. The van der Waals surface area contributed by atoms with Gasteiger partial charge in [0.25, 0.3) is 0 Å². The fourth-order valence-corrected chi connectivity index (χ4v) is 3.72. The first-order chi connectivity index (χ1) is 9.61. The van der Waals surface area contributed by atoms with Crippen LogP contribution in [0.15, 0.2) is 28.6 Å². The van der Waals surface area contributed by atoms with E-state index in [9.17, 15) is 0 Å². The van der Waals surface area contributed by atoms with Crippen molar-refractivity contribution in [1.29, 1.82) is 0 Å². The molecule has 1 aromatic carbocycles. The van der Waals surface area contributed by atoms with Crippen LogP contribution in [-0.2, 0) is 5.75 Å². The van der Waals surface area contributed by atoms with E-state index in [1.807, 2.05) is 13.0 Å². The summed E-state index contributed by atoms with van der Waals surface area (Å²) in [6.07, 6.45) is 0. The molecule has 0 bridgehead atoms. The van der Waals surface area contributed by atoms with Gasteiger partial charge >= 0.3 is 0 Å². The molecule has 0 amide bonds. The summed E-state index contributed by atoms with van der Waals surface area (Å²) in [6.45, 7) is 2.04. The zero-order chi connectivity index (χ0) is 14.1. The molecule has 0 atom stereocenters. The van der Waals surface area contributed by atoms with E-state index in [0.29, 0.717) is 16.0 Å². The van der Waals surface area contributed by atoms with Gasteiger partial charge in [0.15, 0.2) is 4.34 Å². The minimum atomic E-state index is 0.478. The predicted octanol–water partition coefficient (Wildman–Crippen LogP) is 3.92. The zero-order valence-corrected chi connectivity index (χ0v) is 13.0. The van der Waals surface area contributed by atoms with Crippen molar-refractivity contribution in [2.75, 3.05) is 5.73 Å². The van der Waals surface area contributed by atoms with E-state index >= 15 is 0 Å². The molecule has 0 aliphatic rings. The van der Waals surface area contributed by atoms with Gasteiger partial charge in [-0.05, 0) is 24.6 Å². The molecule has 4 nitrogen and oxygen atoms in total. The van der Waals surface area contributed by atoms with E-state index in [2.05, 4.69) is 33.4 Å². The highest BCUT2D eigenvalue weighted by atomic mass is 35.5. The second-order valence-electron chi connectivity index (χ2n) is 4.33. The van der Waals surface area contributed by atoms with Crippen LogP contribution in [0.4, 0.5) is 5.13 Å². The number of benzene rings is 1. The van der Waals surface area contributed by atoms with E-state index in [0.717, 1.165) is 20.8 Å². The lowest BCUT2D eigenvalue weighted by Crippen LogP contribution is -1.89. The first-order valence-corrected chi connectivity index (χ1v) is 8.07. The highest BCUT2D eigenvalue weighted by Crippen LogP contribution is 2.30. The molecule has 20 heavy (non-hydrogen) atoms. The van der Waals surface area contributed by atoms with Crippen LogP contribution in [0.1, 0.15) is 11.1 Å². The van der Waals surface area contributed by atoms with Gasteiger partial charge in [-0.25, -0.2) is 4.98 Å². The van der Waals surface area contributed by atoms with Gasteiger partial charge in [-0.3, -0.25) is 0 Å². The molecule has 0 spiro atoms. The van der Waals surface area contributed by atoms with Crippen LogP contribution in [-0.4, -0.2) is 15.2 Å². The molecule has 0 aliphatic heterocycles. The molecule has 2 heterocycles. The molecule has 2 N–H and O–H groups in total. The fourth-order valence-electron chi connectivity index (χ4n) is 1.82. The minimum absolute atomic E-state index is 0.478. The molecule has 0 fully saturated rings. The Morgan fingerprint density at radius 2 is 2.15 bits per heavy atom. The van der Waals surface area contributed by atoms with Crippen molar-refractivity contribution in [2.24, 2.45) is 0 Å². The Morgan fingerprint density at radius 1 is 1.30 bits per heavy atom. The summed E-state index contributed by atoms with van der Waals surface area (Å²) >= 11 is 9.18. The third-order valence-electron chi connectivity index (χ3n) is 2.77. The number of nitrogen functional groups attached to an aromatic ring is 1. The number of pyridine rings is 1. The highest BCUT2D eigenvalue weighted by molar-refractivity contribution is 8.00. The van der Waals surface area contributed by atoms with E-state index in [1.165, 1.54) is 16.9 Å². The second kappa shape index (κ2) is 5.55. The Balaban J connectivity index is 1.87. The van der Waals surface area contributed by atoms with Crippen LogP contribution in [0.2, 0.25) is 5.15 Å². The van der Waals surface area contributed by atoms with Gasteiger partial charge in [0.05, 0.1) is 5.52 Å². The predicted molar refractivity (Wildman–Crippen MR) is 85.4 cm³/mol. The molecule has 3 rings (SSSR count). The van der Waals surface area contributed by atoms with Crippen LogP contribution in [0.3, 0.4) is 0 Å². The molecular weight excluding hydrogens is 312 g/mol. The number of fused-ring (bicyclic) bond motifs is 1. The summed E-state index contributed by atoms with van der Waals surface area (Å²) in [5, 5.41) is 9.87. The van der Waals surface area contributed by atoms with Gasteiger partial charge < -0.3 is 5.73 Å². The monoisotopic (exact) mass is 322 g/mol. The van der Waals surface area contributed by atoms with Crippen molar-refractivity contribution >= 4 is 50.7 Å². The number of halogens is 1. The number of rotatable bonds is 3. The second-order valence-corrected chi connectivity index (χ2v) is 6.92. The first kappa shape index (κ1) is 13.6. The molecule has 2 aromatic heterocycles. The summed E-state index contributed by atoms with van der Waals surface area (Å²) < 4.78 is 0.836. The zero-order valence-electron chi connectivity index (χ0n) is 10.6. The number of hydrogen-bond donors (Lipinski definition) is 1. The van der Waals surface area contributed by atoms with Gasteiger partial charge in [-0.2, -0.15) is 0 Å². The average Bonchev–Trinajstić information content (AvgIpc) is 2.82. The third-order valence-corrected chi connectivity index (χ3v) is 5.03. The highest BCUT2D eigenvalue weighted by Gasteiger charge is 2.08. The van der Waals surface area contributed by atoms with Crippen molar-refractivity contribution < 1.29 is 0 Å². The maximum atomic E-state index is 6.25. The molecular formula is C13H11ClN4S2. The Labute approximate surface area is 129 Å². The number of nitrogens with two attached hydrogens (primary N) is 1. The van der Waals surface area contributed by atoms with Gasteiger partial charge in [-0.1, -0.05) is 46.8 Å². The smallest absolute Gasteiger partial charge is 0.203 e. The maximum Gasteiger partial charge on any atom is 0.203 e. The number of anilines is 1. The van der Waals surface area contributed by atoms with E-state index in [1.54, 1.807) is 11.8 Å². The molecule has 0 aliphatic carbocycles. The van der Waals surface area contributed by atoms with Gasteiger partial charge in [0.1, 0.15) is 5.15 Å². The van der Waals surface area contributed by atoms with Crippen LogP contribution >= 0.6 is 34.7 Å². The van der Waals surface area contributed by atoms with Crippen LogP contribution in [0.5, 0.6) is 0 Å². The van der Waals surface area contributed by atoms with Crippen molar-refractivity contribution in [1.82, 2.24) is 15.2 Å². The summed E-state index contributed by atoms with van der Waals surface area (Å²) in [5.41, 5.74) is 8.64. The molecule has 0 radical (unpaired) electrons. The van der Waals surface area contributed by atoms with Crippen LogP contribution < -0.4 is 5.73 Å². The number of aryl methyl sites for hydroxylation is 1. The number of aromatic nitrogens is 3. The molecule has 0 unspecified atom stereocenters. The van der Waals surface area contributed by atoms with Gasteiger partial charge in [0.2, 0.25) is 5.13 Å². The van der Waals surface area contributed by atoms with Crippen molar-refractivity contribution in [2.45, 2.75) is 17.0 Å². The lowest BCUT2D eigenvalue weighted by molar-refractivity contribution is 1.02. The fraction of sp³-hybridized carbons (Fsp3) is 0.154. The molecule has 7 heteroatoms. The quantitative estimate of drug-likeness (QED) is 0.585. The average molecular weight is 323 g/mol. The lowest BCUT2D eigenvalue weighted by Gasteiger charge is -2.05. The Hall–Kier alpha value is -1.37. The SMILES string of the molecule is Cc1ccc2cc(CSc3nnc(N)s3)c(Cl)nc2c1. The minimum Gasteiger partial charge on any atom is -0.374 e. The normalized spacial score (nSPS) is 11.1. The van der Waals surface area contributed by atoms with E-state index < -0.39 is 0 Å². The Morgan fingerprint density at radius 3 is 2.90 bits per heavy atom. The van der Waals surface area contributed by atoms with E-state index in [-0.39, 0.29) is 0 Å². The molecule has 0 saturated carbocycles. The van der Waals surface area contributed by atoms with Gasteiger partial charge in [-0.15, -0.1) is 10.2 Å². The number of nitrogens with zero attached hydrogens (tertiary/aromatic N) is 3. The van der Waals surface area contributed by atoms with Crippen LogP contribution in [0.25, 0.3) is 10.9 Å². The first-order valence-electron chi connectivity index (χ1n) is 5.89. The summed E-state index contributed by atoms with van der Waals surface area (Å²) in [6, 6.07) is 8.23. The number of thioether (sulfide) groups is 1.